The van der Waals surface area contributed by atoms with Crippen LogP contribution < -0.4 is 0 Å². The Morgan fingerprint density at radius 3 is 3.19 bits per heavy atom. The number of rotatable bonds is 0. The number of hydrogen-bond donors (Lipinski definition) is 0. The van der Waals surface area contributed by atoms with Crippen molar-refractivity contribution in [1.29, 1.82) is 0 Å². The van der Waals surface area contributed by atoms with Gasteiger partial charge in [0.25, 0.3) is 0 Å². The number of amides is 1. The van der Waals surface area contributed by atoms with Crippen LogP contribution in [-0.2, 0) is 22.7 Å². The normalized spacial score (nSPS) is 19.1. The number of carbonyl (C=O) groups is 1. The first-order valence-electron chi connectivity index (χ1n) is 5.46. The Kier molecular flexibility index (Phi) is 3.51. The van der Waals surface area contributed by atoms with Crippen molar-refractivity contribution in [2.75, 3.05) is 20.2 Å². The van der Waals surface area contributed by atoms with Crippen LogP contribution in [0.25, 0.3) is 0 Å². The number of hydrogen-bond acceptors (Lipinski definition) is 4. The second-order valence-electron chi connectivity index (χ2n) is 3.92. The number of aromatic nitrogens is 3. The third-order valence-corrected chi connectivity index (χ3v) is 2.71. The zero-order valence-electron chi connectivity index (χ0n) is 9.43. The molecular weight excluding hydrogens is 208 g/mol. The molecule has 0 radical (unpaired) electrons. The summed E-state index contributed by atoms with van der Waals surface area (Å²) in [5.74, 6) is 0.159. The van der Waals surface area contributed by atoms with Gasteiger partial charge in [-0.15, -0.1) is 5.10 Å². The van der Waals surface area contributed by atoms with E-state index in [9.17, 15) is 4.79 Å². The minimum absolute atomic E-state index is 0.159. The van der Waals surface area contributed by atoms with Gasteiger partial charge in [-0.1, -0.05) is 5.21 Å². The highest BCUT2D eigenvalue weighted by Gasteiger charge is 2.11. The lowest BCUT2D eigenvalue weighted by Crippen LogP contribution is -2.29. The van der Waals surface area contributed by atoms with Crippen molar-refractivity contribution >= 4 is 5.91 Å². The number of carbonyl (C=O) groups excluding carboxylic acids is 1. The maximum atomic E-state index is 11.6. The van der Waals surface area contributed by atoms with Gasteiger partial charge in [0, 0.05) is 26.6 Å². The van der Waals surface area contributed by atoms with E-state index in [-0.39, 0.29) is 5.91 Å². The Labute approximate surface area is 94.2 Å². The van der Waals surface area contributed by atoms with E-state index in [0.29, 0.717) is 26.2 Å². The third kappa shape index (κ3) is 2.57. The van der Waals surface area contributed by atoms with E-state index >= 15 is 0 Å². The summed E-state index contributed by atoms with van der Waals surface area (Å²) in [5.41, 5.74) is 0.969. The van der Waals surface area contributed by atoms with Crippen LogP contribution in [0.5, 0.6) is 0 Å². The Morgan fingerprint density at radius 1 is 1.44 bits per heavy atom. The minimum Gasteiger partial charge on any atom is -0.373 e. The molecule has 0 N–H and O–H groups in total. The summed E-state index contributed by atoms with van der Waals surface area (Å²) in [4.78, 5) is 13.3. The fraction of sp³-hybridized carbons (Fsp3) is 0.700. The molecule has 1 aromatic rings. The molecule has 2 heterocycles. The number of fused-ring (bicyclic) bond motifs is 1. The highest BCUT2D eigenvalue weighted by atomic mass is 16.5. The van der Waals surface area contributed by atoms with Gasteiger partial charge in [-0.3, -0.25) is 4.79 Å². The summed E-state index contributed by atoms with van der Waals surface area (Å²) in [6.07, 6.45) is 3.05. The van der Waals surface area contributed by atoms with Crippen LogP contribution in [0.4, 0.5) is 0 Å². The SMILES string of the molecule is CN1CCOCc2cnnn2CCCC1=O. The highest BCUT2D eigenvalue weighted by Crippen LogP contribution is 2.05. The highest BCUT2D eigenvalue weighted by molar-refractivity contribution is 5.75. The van der Waals surface area contributed by atoms with Crippen LogP contribution in [0.15, 0.2) is 6.20 Å². The van der Waals surface area contributed by atoms with Crippen LogP contribution in [-0.4, -0.2) is 46.0 Å². The number of nitrogens with zero attached hydrogens (tertiary/aromatic N) is 4. The molecule has 1 aromatic heterocycles. The van der Waals surface area contributed by atoms with Gasteiger partial charge in [-0.2, -0.15) is 0 Å². The molecule has 0 aromatic carbocycles. The molecule has 16 heavy (non-hydrogen) atoms. The van der Waals surface area contributed by atoms with Gasteiger partial charge in [-0.25, -0.2) is 4.68 Å². The average molecular weight is 224 g/mol. The lowest BCUT2D eigenvalue weighted by atomic mass is 10.3. The first kappa shape index (κ1) is 11.1. The zero-order chi connectivity index (χ0) is 11.4. The van der Waals surface area contributed by atoms with Crippen molar-refractivity contribution in [3.05, 3.63) is 11.9 Å². The molecule has 0 saturated heterocycles. The standard InChI is InChI=1S/C10H16N4O2/c1-13-5-6-16-8-9-7-11-12-14(9)4-2-3-10(13)15/h7H,2-6,8H2,1H3. The summed E-state index contributed by atoms with van der Waals surface area (Å²) in [7, 11) is 1.81. The Hall–Kier alpha value is -1.43. The predicted molar refractivity (Wildman–Crippen MR) is 56.5 cm³/mol. The topological polar surface area (TPSA) is 60.2 Å². The van der Waals surface area contributed by atoms with Crippen LogP contribution in [0, 0.1) is 0 Å². The van der Waals surface area contributed by atoms with Gasteiger partial charge >= 0.3 is 0 Å². The smallest absolute Gasteiger partial charge is 0.222 e. The Morgan fingerprint density at radius 2 is 2.31 bits per heavy atom. The van der Waals surface area contributed by atoms with Crippen molar-refractivity contribution in [3.63, 3.8) is 0 Å². The third-order valence-electron chi connectivity index (χ3n) is 2.71. The zero-order valence-corrected chi connectivity index (χ0v) is 9.43. The molecule has 0 atom stereocenters. The van der Waals surface area contributed by atoms with Crippen molar-refractivity contribution in [2.24, 2.45) is 0 Å². The fourth-order valence-electron chi connectivity index (χ4n) is 1.65. The van der Waals surface area contributed by atoms with E-state index in [0.717, 1.165) is 18.7 Å². The van der Waals surface area contributed by atoms with Gasteiger partial charge in [0.1, 0.15) is 0 Å². The molecule has 0 aliphatic carbocycles. The van der Waals surface area contributed by atoms with Crippen LogP contribution >= 0.6 is 0 Å². The van der Waals surface area contributed by atoms with Crippen molar-refractivity contribution < 1.29 is 9.53 Å². The molecule has 0 saturated carbocycles. The van der Waals surface area contributed by atoms with Crippen molar-refractivity contribution in [2.45, 2.75) is 26.0 Å². The van der Waals surface area contributed by atoms with E-state index < -0.39 is 0 Å². The van der Waals surface area contributed by atoms with Crippen molar-refractivity contribution in [1.82, 2.24) is 19.9 Å². The first-order chi connectivity index (χ1) is 7.77. The molecule has 1 aliphatic heterocycles. The van der Waals surface area contributed by atoms with E-state index in [2.05, 4.69) is 10.3 Å². The maximum Gasteiger partial charge on any atom is 0.222 e. The molecule has 2 rings (SSSR count). The van der Waals surface area contributed by atoms with Crippen LogP contribution in [0.2, 0.25) is 0 Å². The van der Waals surface area contributed by atoms with Gasteiger partial charge in [-0.05, 0) is 6.42 Å². The summed E-state index contributed by atoms with van der Waals surface area (Å²) >= 11 is 0. The quantitative estimate of drug-likeness (QED) is 0.624. The Bertz CT molecular complexity index is 363. The molecule has 6 nitrogen and oxygen atoms in total. The molecular formula is C10H16N4O2. The van der Waals surface area contributed by atoms with Crippen molar-refractivity contribution in [3.8, 4) is 0 Å². The monoisotopic (exact) mass is 224 g/mol. The molecule has 0 unspecified atom stereocenters. The number of aryl methyl sites for hydroxylation is 1. The summed E-state index contributed by atoms with van der Waals surface area (Å²) < 4.78 is 7.28. The van der Waals surface area contributed by atoms with Gasteiger partial charge in [0.15, 0.2) is 0 Å². The lowest BCUT2D eigenvalue weighted by molar-refractivity contribution is -0.130. The minimum atomic E-state index is 0.159. The van der Waals surface area contributed by atoms with Crippen LogP contribution in [0.1, 0.15) is 18.5 Å². The summed E-state index contributed by atoms with van der Waals surface area (Å²) in [6, 6.07) is 0. The van der Waals surface area contributed by atoms with Gasteiger partial charge in [0.05, 0.1) is 25.1 Å². The summed E-state index contributed by atoms with van der Waals surface area (Å²) in [6.45, 7) is 2.42. The van der Waals surface area contributed by atoms with E-state index in [1.165, 1.54) is 0 Å². The van der Waals surface area contributed by atoms with Crippen LogP contribution in [0.3, 0.4) is 0 Å². The number of ether oxygens (including phenoxy) is 1. The van der Waals surface area contributed by atoms with E-state index in [1.807, 2.05) is 7.05 Å². The van der Waals surface area contributed by atoms with E-state index in [1.54, 1.807) is 15.8 Å². The second-order valence-corrected chi connectivity index (χ2v) is 3.92. The second kappa shape index (κ2) is 5.07. The average Bonchev–Trinajstić information content (AvgIpc) is 2.70. The largest absolute Gasteiger partial charge is 0.373 e. The lowest BCUT2D eigenvalue weighted by Gasteiger charge is -2.16. The maximum absolute atomic E-state index is 11.6. The molecule has 0 spiro atoms. The van der Waals surface area contributed by atoms with E-state index in [4.69, 9.17) is 4.74 Å². The predicted octanol–water partition coefficient (Wildman–Crippen LogP) is 0.0469. The number of likely N-dealkylation sites (N-methyl/N-ethyl adjacent to an activating group) is 1. The molecule has 1 amide bonds. The first-order valence-corrected chi connectivity index (χ1v) is 5.46. The summed E-state index contributed by atoms with van der Waals surface area (Å²) in [5, 5.41) is 7.81. The Balaban J connectivity index is 2.03. The molecule has 0 fully saturated rings. The molecule has 88 valence electrons. The van der Waals surface area contributed by atoms with Gasteiger partial charge < -0.3 is 9.64 Å². The van der Waals surface area contributed by atoms with Gasteiger partial charge in [0.2, 0.25) is 5.91 Å². The molecule has 1 aliphatic rings. The molecule has 6 heteroatoms. The molecule has 0 bridgehead atoms. The fourth-order valence-corrected chi connectivity index (χ4v) is 1.65.